The summed E-state index contributed by atoms with van der Waals surface area (Å²) in [6.45, 7) is 0.925. The molecule has 0 fully saturated rings. The number of esters is 2. The molecule has 10 heavy (non-hydrogen) atoms. The van der Waals surface area contributed by atoms with Crippen LogP contribution < -0.4 is 0 Å². The molecule has 0 aliphatic rings. The molecule has 0 atom stereocenters. The van der Waals surface area contributed by atoms with E-state index >= 15 is 0 Å². The Hall–Kier alpha value is -0.0600. The summed E-state index contributed by atoms with van der Waals surface area (Å²) >= 11 is 0. The summed E-state index contributed by atoms with van der Waals surface area (Å²) in [5, 5.41) is 0. The normalized spacial score (nSPS) is 7.40. The van der Waals surface area contributed by atoms with Gasteiger partial charge in [0, 0.05) is 6.92 Å². The molecule has 0 rings (SSSR count). The van der Waals surface area contributed by atoms with Crippen molar-refractivity contribution in [2.45, 2.75) is 6.92 Å². The Kier molecular flexibility index (Phi) is 8.89. The van der Waals surface area contributed by atoms with Gasteiger partial charge in [0.1, 0.15) is 0 Å². The van der Waals surface area contributed by atoms with Crippen LogP contribution in [-0.4, -0.2) is 55.2 Å². The SMILES string of the molecule is COC(=O)COC(C)=O.[NaH]. The number of methoxy groups -OCH3 is 1. The quantitative estimate of drug-likeness (QED) is 0.383. The predicted octanol–water partition coefficient (Wildman–Crippen LogP) is -0.926. The molecular weight excluding hydrogens is 147 g/mol. The molecule has 4 nitrogen and oxygen atoms in total. The third kappa shape index (κ3) is 7.94. The van der Waals surface area contributed by atoms with Gasteiger partial charge in [0.05, 0.1) is 7.11 Å². The summed E-state index contributed by atoms with van der Waals surface area (Å²) in [7, 11) is 1.23. The van der Waals surface area contributed by atoms with Crippen LogP contribution in [0, 0.1) is 0 Å². The van der Waals surface area contributed by atoms with Crippen LogP contribution in [-0.2, 0) is 19.1 Å². The molecule has 0 aromatic rings. The van der Waals surface area contributed by atoms with Gasteiger partial charge in [0.2, 0.25) is 0 Å². The number of rotatable bonds is 2. The second kappa shape index (κ2) is 7.05. The molecule has 0 N–H and O–H groups in total. The van der Waals surface area contributed by atoms with Crippen molar-refractivity contribution in [3.63, 3.8) is 0 Å². The van der Waals surface area contributed by atoms with Gasteiger partial charge in [0.25, 0.3) is 0 Å². The maximum atomic E-state index is 10.2. The average molecular weight is 156 g/mol. The topological polar surface area (TPSA) is 52.6 Å². The average Bonchev–Trinajstić information content (AvgIpc) is 1.83. The molecule has 0 saturated carbocycles. The van der Waals surface area contributed by atoms with Gasteiger partial charge in [-0.15, -0.1) is 0 Å². The summed E-state index contributed by atoms with van der Waals surface area (Å²) in [6, 6.07) is 0. The van der Waals surface area contributed by atoms with E-state index in [9.17, 15) is 9.59 Å². The van der Waals surface area contributed by atoms with Crippen LogP contribution >= 0.6 is 0 Å². The van der Waals surface area contributed by atoms with Crippen molar-refractivity contribution in [3.05, 3.63) is 0 Å². The van der Waals surface area contributed by atoms with E-state index in [-0.39, 0.29) is 36.2 Å². The Morgan fingerprint density at radius 3 is 2.20 bits per heavy atom. The standard InChI is InChI=1S/C5H8O4.Na.H/c1-4(6)9-3-5(7)8-2;;/h3H2,1-2H3;;. The zero-order chi connectivity index (χ0) is 7.28. The minimum atomic E-state index is -0.551. The van der Waals surface area contributed by atoms with E-state index in [0.717, 1.165) is 0 Å². The van der Waals surface area contributed by atoms with Crippen molar-refractivity contribution in [1.82, 2.24) is 0 Å². The molecule has 0 aromatic heterocycles. The predicted molar refractivity (Wildman–Crippen MR) is 35.8 cm³/mol. The third-order valence-electron chi connectivity index (χ3n) is 0.621. The van der Waals surface area contributed by atoms with Crippen LogP contribution in [0.2, 0.25) is 0 Å². The molecule has 0 aliphatic heterocycles. The molecule has 0 radical (unpaired) electrons. The van der Waals surface area contributed by atoms with Gasteiger partial charge in [-0.3, -0.25) is 4.79 Å². The van der Waals surface area contributed by atoms with Crippen molar-refractivity contribution in [2.75, 3.05) is 13.7 Å². The molecular formula is C5H9NaO4. The summed E-state index contributed by atoms with van der Waals surface area (Å²) in [6.07, 6.45) is 0. The fourth-order valence-corrected chi connectivity index (χ4v) is 0.219. The first-order valence-electron chi connectivity index (χ1n) is 2.37. The molecule has 0 unspecified atom stereocenters. The summed E-state index contributed by atoms with van der Waals surface area (Å²) in [5.74, 6) is -1.04. The van der Waals surface area contributed by atoms with Crippen LogP contribution in [0.15, 0.2) is 0 Å². The van der Waals surface area contributed by atoms with Crippen molar-refractivity contribution in [2.24, 2.45) is 0 Å². The molecule has 0 aliphatic carbocycles. The second-order valence-corrected chi connectivity index (χ2v) is 1.36. The van der Waals surface area contributed by atoms with E-state index in [2.05, 4.69) is 9.47 Å². The Morgan fingerprint density at radius 2 is 1.90 bits per heavy atom. The Balaban J connectivity index is 0. The van der Waals surface area contributed by atoms with Gasteiger partial charge in [-0.05, 0) is 0 Å². The van der Waals surface area contributed by atoms with E-state index in [4.69, 9.17) is 0 Å². The van der Waals surface area contributed by atoms with Crippen LogP contribution in [0.25, 0.3) is 0 Å². The van der Waals surface area contributed by atoms with Crippen LogP contribution in [0.5, 0.6) is 0 Å². The van der Waals surface area contributed by atoms with Crippen LogP contribution in [0.3, 0.4) is 0 Å². The van der Waals surface area contributed by atoms with Gasteiger partial charge in [-0.1, -0.05) is 0 Å². The monoisotopic (exact) mass is 156 g/mol. The van der Waals surface area contributed by atoms with E-state index < -0.39 is 11.9 Å². The molecule has 0 bridgehead atoms. The summed E-state index contributed by atoms with van der Waals surface area (Å²) in [5.41, 5.74) is 0. The van der Waals surface area contributed by atoms with E-state index in [1.165, 1.54) is 14.0 Å². The van der Waals surface area contributed by atoms with Gasteiger partial charge >= 0.3 is 41.5 Å². The Labute approximate surface area is 81.2 Å². The molecule has 5 heteroatoms. The second-order valence-electron chi connectivity index (χ2n) is 1.36. The third-order valence-corrected chi connectivity index (χ3v) is 0.621. The van der Waals surface area contributed by atoms with Gasteiger partial charge in [0.15, 0.2) is 6.61 Å². The molecule has 54 valence electrons. The molecule has 0 heterocycles. The fraction of sp³-hybridized carbons (Fsp3) is 0.600. The van der Waals surface area contributed by atoms with E-state index in [1.54, 1.807) is 0 Å². The molecule has 0 aromatic carbocycles. The van der Waals surface area contributed by atoms with Crippen molar-refractivity contribution < 1.29 is 19.1 Å². The zero-order valence-corrected chi connectivity index (χ0v) is 5.34. The van der Waals surface area contributed by atoms with Gasteiger partial charge < -0.3 is 9.47 Å². The number of hydrogen-bond acceptors (Lipinski definition) is 4. The first kappa shape index (κ1) is 12.6. The fourth-order valence-electron chi connectivity index (χ4n) is 0.219. The van der Waals surface area contributed by atoms with Crippen molar-refractivity contribution >= 4 is 41.5 Å². The maximum absolute atomic E-state index is 10.2. The number of carbonyl (C=O) groups is 2. The van der Waals surface area contributed by atoms with E-state index in [1.807, 2.05) is 0 Å². The molecule has 0 spiro atoms. The zero-order valence-electron chi connectivity index (χ0n) is 5.34. The summed E-state index contributed by atoms with van der Waals surface area (Å²) in [4.78, 5) is 20.3. The molecule has 0 saturated heterocycles. The van der Waals surface area contributed by atoms with Crippen LogP contribution in [0.4, 0.5) is 0 Å². The Bertz CT molecular complexity index is 123. The number of ether oxygens (including phenoxy) is 2. The van der Waals surface area contributed by atoms with Crippen LogP contribution in [0.1, 0.15) is 6.92 Å². The first-order chi connectivity index (χ1) is 4.16. The van der Waals surface area contributed by atoms with Gasteiger partial charge in [-0.2, -0.15) is 0 Å². The molecule has 0 amide bonds. The van der Waals surface area contributed by atoms with Gasteiger partial charge in [-0.25, -0.2) is 4.79 Å². The van der Waals surface area contributed by atoms with E-state index in [0.29, 0.717) is 0 Å². The van der Waals surface area contributed by atoms with Crippen molar-refractivity contribution in [1.29, 1.82) is 0 Å². The van der Waals surface area contributed by atoms with Crippen molar-refractivity contribution in [3.8, 4) is 0 Å². The Morgan fingerprint density at radius 1 is 1.40 bits per heavy atom. The number of hydrogen-bond donors (Lipinski definition) is 0. The number of carbonyl (C=O) groups excluding carboxylic acids is 2. The first-order valence-corrected chi connectivity index (χ1v) is 2.37. The summed E-state index contributed by atoms with van der Waals surface area (Å²) < 4.78 is 8.47. The minimum absolute atomic E-state index is 0.